The van der Waals surface area contributed by atoms with Crippen LogP contribution in [0.3, 0.4) is 0 Å². The van der Waals surface area contributed by atoms with Crippen LogP contribution in [-0.4, -0.2) is 34.3 Å². The van der Waals surface area contributed by atoms with Crippen LogP contribution in [0.1, 0.15) is 42.3 Å². The first-order valence-electron chi connectivity index (χ1n) is 10.5. The molecule has 4 aromatic rings. The molecule has 0 fully saturated rings. The van der Waals surface area contributed by atoms with Gasteiger partial charge in [0.15, 0.2) is 0 Å². The van der Waals surface area contributed by atoms with E-state index in [0.29, 0.717) is 22.2 Å². The first-order valence-corrected chi connectivity index (χ1v) is 11.8. The monoisotopic (exact) mass is 500 g/mol. The van der Waals surface area contributed by atoms with Crippen LogP contribution in [0.4, 0.5) is 10.6 Å². The lowest BCUT2D eigenvalue weighted by Crippen LogP contribution is -2.29. The van der Waals surface area contributed by atoms with E-state index in [1.807, 2.05) is 37.4 Å². The number of methoxy groups -OCH3 is 1. The lowest BCUT2D eigenvalue weighted by Gasteiger charge is -2.22. The Morgan fingerprint density at radius 3 is 2.53 bits per heavy atom. The average Bonchev–Trinajstić information content (AvgIpc) is 3.30. The van der Waals surface area contributed by atoms with Crippen molar-refractivity contribution in [1.82, 2.24) is 9.55 Å². The van der Waals surface area contributed by atoms with Gasteiger partial charge >= 0.3 is 6.09 Å². The standard InChI is InChI=1S/C24H25ClN4O4S/c1-11-7-8-14(32-6)12(2)17(11)29-18-15(20(25)27-13-9-10-34-19(13)18)16(21(26)30)22(29)28-23(31)33-24(3,4)5/h7-10H,1-6H3,(H2,26,30)(H,28,31). The Morgan fingerprint density at radius 2 is 1.91 bits per heavy atom. The number of thiophene rings is 1. The highest BCUT2D eigenvalue weighted by Crippen LogP contribution is 2.44. The van der Waals surface area contributed by atoms with Crippen molar-refractivity contribution in [3.8, 4) is 11.4 Å². The number of hydrogen-bond donors (Lipinski definition) is 2. The van der Waals surface area contributed by atoms with Crippen molar-refractivity contribution in [2.24, 2.45) is 5.73 Å². The molecule has 2 amide bonds. The van der Waals surface area contributed by atoms with Crippen molar-refractivity contribution in [3.05, 3.63) is 45.4 Å². The number of primary amides is 1. The van der Waals surface area contributed by atoms with E-state index >= 15 is 0 Å². The number of benzene rings is 1. The van der Waals surface area contributed by atoms with E-state index in [9.17, 15) is 9.59 Å². The molecule has 0 aliphatic heterocycles. The molecule has 4 rings (SSSR count). The van der Waals surface area contributed by atoms with Gasteiger partial charge in [-0.1, -0.05) is 17.7 Å². The van der Waals surface area contributed by atoms with Crippen LogP contribution in [0, 0.1) is 13.8 Å². The third kappa shape index (κ3) is 3.95. The molecular weight excluding hydrogens is 476 g/mol. The van der Waals surface area contributed by atoms with Crippen LogP contribution in [0.25, 0.3) is 26.8 Å². The van der Waals surface area contributed by atoms with Crippen LogP contribution >= 0.6 is 22.9 Å². The van der Waals surface area contributed by atoms with Gasteiger partial charge in [0.1, 0.15) is 22.3 Å². The smallest absolute Gasteiger partial charge is 0.413 e. The van der Waals surface area contributed by atoms with Gasteiger partial charge in [0.05, 0.1) is 39.5 Å². The lowest BCUT2D eigenvalue weighted by molar-refractivity contribution is 0.0635. The maximum Gasteiger partial charge on any atom is 0.413 e. The summed E-state index contributed by atoms with van der Waals surface area (Å²) in [5, 5.41) is 5.12. The zero-order chi connectivity index (χ0) is 24.9. The van der Waals surface area contributed by atoms with Gasteiger partial charge in [-0.25, -0.2) is 9.78 Å². The van der Waals surface area contributed by atoms with E-state index in [2.05, 4.69) is 10.3 Å². The number of carbonyl (C=O) groups excluding carboxylic acids is 2. The topological polar surface area (TPSA) is 108 Å². The van der Waals surface area contributed by atoms with E-state index in [1.54, 1.807) is 32.4 Å². The summed E-state index contributed by atoms with van der Waals surface area (Å²) in [4.78, 5) is 30.1. The fourth-order valence-electron chi connectivity index (χ4n) is 4.08. The zero-order valence-corrected chi connectivity index (χ0v) is 21.3. The highest BCUT2D eigenvalue weighted by molar-refractivity contribution is 7.18. The minimum absolute atomic E-state index is 0.0512. The Labute approximate surface area is 205 Å². The molecule has 0 saturated carbocycles. The quantitative estimate of drug-likeness (QED) is 0.336. The summed E-state index contributed by atoms with van der Waals surface area (Å²) in [5.41, 5.74) is 8.83. The van der Waals surface area contributed by atoms with Gasteiger partial charge in [0.2, 0.25) is 0 Å². The van der Waals surface area contributed by atoms with E-state index < -0.39 is 17.6 Å². The van der Waals surface area contributed by atoms with Crippen LogP contribution in [-0.2, 0) is 4.74 Å². The number of anilines is 1. The van der Waals surface area contributed by atoms with Gasteiger partial charge in [-0.2, -0.15) is 0 Å². The number of pyridine rings is 1. The molecule has 178 valence electrons. The molecule has 1 aromatic carbocycles. The van der Waals surface area contributed by atoms with Crippen molar-refractivity contribution in [1.29, 1.82) is 0 Å². The number of nitrogens with one attached hydrogen (secondary N) is 1. The highest BCUT2D eigenvalue weighted by Gasteiger charge is 2.30. The average molecular weight is 501 g/mol. The number of halogens is 1. The molecule has 0 aliphatic carbocycles. The molecule has 34 heavy (non-hydrogen) atoms. The number of fused-ring (bicyclic) bond motifs is 3. The van der Waals surface area contributed by atoms with E-state index in [0.717, 1.165) is 21.5 Å². The molecule has 0 atom stereocenters. The number of nitrogens with zero attached hydrogens (tertiary/aromatic N) is 2. The number of hydrogen-bond acceptors (Lipinski definition) is 6. The number of aromatic nitrogens is 2. The van der Waals surface area contributed by atoms with Gasteiger partial charge in [0, 0.05) is 5.56 Å². The molecule has 0 bridgehead atoms. The third-order valence-electron chi connectivity index (χ3n) is 5.35. The summed E-state index contributed by atoms with van der Waals surface area (Å²) in [5.74, 6) is 0.0438. The maximum absolute atomic E-state index is 12.9. The molecule has 3 N–H and O–H groups in total. The van der Waals surface area contributed by atoms with E-state index in [-0.39, 0.29) is 16.5 Å². The Bertz CT molecular complexity index is 1470. The van der Waals surface area contributed by atoms with Crippen molar-refractivity contribution in [3.63, 3.8) is 0 Å². The predicted octanol–water partition coefficient (Wildman–Crippen LogP) is 5.96. The number of carbonyl (C=O) groups is 2. The summed E-state index contributed by atoms with van der Waals surface area (Å²) < 4.78 is 13.6. The number of nitrogens with two attached hydrogens (primary N) is 1. The molecule has 10 heteroatoms. The Morgan fingerprint density at radius 1 is 1.21 bits per heavy atom. The van der Waals surface area contributed by atoms with Gasteiger partial charge in [0.25, 0.3) is 5.91 Å². The molecule has 3 heterocycles. The molecule has 3 aromatic heterocycles. The normalized spacial score (nSPS) is 11.7. The van der Waals surface area contributed by atoms with Crippen molar-refractivity contribution in [2.75, 3.05) is 12.4 Å². The fourth-order valence-corrected chi connectivity index (χ4v) is 5.23. The second-order valence-corrected chi connectivity index (χ2v) is 10.1. The Kier molecular flexibility index (Phi) is 5.95. The van der Waals surface area contributed by atoms with Crippen molar-refractivity contribution < 1.29 is 19.1 Å². The third-order valence-corrected chi connectivity index (χ3v) is 6.53. The second-order valence-electron chi connectivity index (χ2n) is 8.87. The van der Waals surface area contributed by atoms with Gasteiger partial charge < -0.3 is 15.2 Å². The Hall–Kier alpha value is -3.30. The minimum atomic E-state index is -0.757. The summed E-state index contributed by atoms with van der Waals surface area (Å²) in [6.07, 6.45) is -0.733. The van der Waals surface area contributed by atoms with Crippen LogP contribution in [0.2, 0.25) is 5.15 Å². The first kappa shape index (κ1) is 23.8. The number of rotatable bonds is 4. The van der Waals surface area contributed by atoms with Crippen LogP contribution in [0.5, 0.6) is 5.75 Å². The SMILES string of the molecule is COc1ccc(C)c(-n2c(NC(=O)OC(C)(C)C)c(C(N)=O)c3c(Cl)nc4ccsc4c32)c1C. The predicted molar refractivity (Wildman–Crippen MR) is 136 cm³/mol. The zero-order valence-electron chi connectivity index (χ0n) is 19.7. The Balaban J connectivity index is 2.20. The largest absolute Gasteiger partial charge is 0.496 e. The highest BCUT2D eigenvalue weighted by atomic mass is 35.5. The molecule has 0 saturated heterocycles. The van der Waals surface area contributed by atoms with Gasteiger partial charge in [-0.15, -0.1) is 11.3 Å². The molecule has 0 aliphatic rings. The maximum atomic E-state index is 12.9. The van der Waals surface area contributed by atoms with E-state index in [4.69, 9.17) is 26.8 Å². The summed E-state index contributed by atoms with van der Waals surface area (Å²) in [7, 11) is 1.59. The van der Waals surface area contributed by atoms with Crippen LogP contribution < -0.4 is 15.8 Å². The van der Waals surface area contributed by atoms with Crippen molar-refractivity contribution >= 4 is 61.9 Å². The van der Waals surface area contributed by atoms with Crippen LogP contribution in [0.15, 0.2) is 23.6 Å². The second kappa shape index (κ2) is 8.48. The fraction of sp³-hybridized carbons (Fsp3) is 0.292. The number of amides is 2. The molecule has 0 unspecified atom stereocenters. The molecule has 8 nitrogen and oxygen atoms in total. The molecule has 0 spiro atoms. The van der Waals surface area contributed by atoms with Gasteiger partial charge in [-0.3, -0.25) is 14.7 Å². The van der Waals surface area contributed by atoms with Gasteiger partial charge in [-0.05, 0) is 57.7 Å². The summed E-state index contributed by atoms with van der Waals surface area (Å²) in [6.45, 7) is 9.10. The van der Waals surface area contributed by atoms with E-state index in [1.165, 1.54) is 11.3 Å². The first-order chi connectivity index (χ1) is 15.9. The summed E-state index contributed by atoms with van der Waals surface area (Å²) in [6, 6.07) is 5.62. The summed E-state index contributed by atoms with van der Waals surface area (Å²) >= 11 is 8.05. The molecule has 0 radical (unpaired) electrons. The number of ether oxygens (including phenoxy) is 2. The van der Waals surface area contributed by atoms with Crippen molar-refractivity contribution in [2.45, 2.75) is 40.2 Å². The lowest BCUT2D eigenvalue weighted by atomic mass is 10.1. The minimum Gasteiger partial charge on any atom is -0.496 e. The number of aryl methyl sites for hydroxylation is 1. The molecular formula is C24H25ClN4O4S.